The summed E-state index contributed by atoms with van der Waals surface area (Å²) in [7, 11) is 0. The van der Waals surface area contributed by atoms with Crippen LogP contribution in [0.2, 0.25) is 0 Å². The minimum absolute atomic E-state index is 0.744. The highest BCUT2D eigenvalue weighted by Gasteiger charge is 2.04. The van der Waals surface area contributed by atoms with Crippen molar-refractivity contribution in [3.63, 3.8) is 0 Å². The molecule has 0 saturated heterocycles. The lowest BCUT2D eigenvalue weighted by Crippen LogP contribution is -2.24. The van der Waals surface area contributed by atoms with E-state index < -0.39 is 0 Å². The van der Waals surface area contributed by atoms with Crippen molar-refractivity contribution in [2.75, 3.05) is 19.0 Å². The van der Waals surface area contributed by atoms with Gasteiger partial charge in [-0.25, -0.2) is 4.98 Å². The lowest BCUT2D eigenvalue weighted by atomic mass is 10.4. The monoisotopic (exact) mass is 218 g/mol. The number of hydrogen-bond donors (Lipinski definition) is 0. The molecule has 0 aliphatic carbocycles. The maximum absolute atomic E-state index is 5.64. The van der Waals surface area contributed by atoms with Gasteiger partial charge in [0, 0.05) is 17.5 Å². The molecule has 0 unspecified atom stereocenters. The maximum atomic E-state index is 5.64. The van der Waals surface area contributed by atoms with Gasteiger partial charge in [0.25, 0.3) is 0 Å². The molecule has 1 aromatic rings. The summed E-state index contributed by atoms with van der Waals surface area (Å²) in [5, 5.41) is 3.21. The topological polar surface area (TPSA) is 16.1 Å². The molecule has 0 aliphatic rings. The molecular weight excluding hydrogens is 204 g/mol. The summed E-state index contributed by atoms with van der Waals surface area (Å²) in [5.74, 6) is 0.744. The van der Waals surface area contributed by atoms with Crippen molar-refractivity contribution in [1.82, 2.24) is 9.88 Å². The van der Waals surface area contributed by atoms with E-state index in [1.54, 1.807) is 11.3 Å². The summed E-state index contributed by atoms with van der Waals surface area (Å²) >= 11 is 7.36. The Labute approximate surface area is 88.5 Å². The average molecular weight is 219 g/mol. The third-order valence-corrected chi connectivity index (χ3v) is 2.93. The van der Waals surface area contributed by atoms with E-state index in [4.69, 9.17) is 11.6 Å². The van der Waals surface area contributed by atoms with Crippen LogP contribution in [-0.2, 0) is 6.54 Å². The van der Waals surface area contributed by atoms with Gasteiger partial charge in [-0.15, -0.1) is 22.9 Å². The summed E-state index contributed by atoms with van der Waals surface area (Å²) in [6.07, 6.45) is 2.91. The molecule has 0 radical (unpaired) electrons. The molecule has 0 spiro atoms. The molecule has 2 nitrogen and oxygen atoms in total. The Kier molecular flexibility index (Phi) is 5.35. The first kappa shape index (κ1) is 11.0. The van der Waals surface area contributed by atoms with E-state index in [0.717, 1.165) is 31.9 Å². The van der Waals surface area contributed by atoms with Crippen LogP contribution < -0.4 is 0 Å². The summed E-state index contributed by atoms with van der Waals surface area (Å²) in [6.45, 7) is 5.27. The van der Waals surface area contributed by atoms with Crippen LogP contribution in [-0.4, -0.2) is 28.9 Å². The standard InChI is InChI=1S/C9H15ClN2S/c1-2-12(6-3-4-10)8-9-11-5-7-13-9/h5,7H,2-4,6,8H2,1H3. The summed E-state index contributed by atoms with van der Waals surface area (Å²) in [4.78, 5) is 6.62. The van der Waals surface area contributed by atoms with Gasteiger partial charge >= 0.3 is 0 Å². The summed E-state index contributed by atoms with van der Waals surface area (Å²) < 4.78 is 0. The zero-order valence-electron chi connectivity index (χ0n) is 7.87. The van der Waals surface area contributed by atoms with Crippen LogP contribution in [0, 0.1) is 0 Å². The molecular formula is C9H15ClN2S. The Morgan fingerprint density at radius 3 is 3.00 bits per heavy atom. The number of hydrogen-bond acceptors (Lipinski definition) is 3. The molecule has 1 rings (SSSR count). The van der Waals surface area contributed by atoms with E-state index in [1.165, 1.54) is 5.01 Å². The highest BCUT2D eigenvalue weighted by molar-refractivity contribution is 7.09. The van der Waals surface area contributed by atoms with E-state index in [1.807, 2.05) is 11.6 Å². The maximum Gasteiger partial charge on any atom is 0.107 e. The number of aromatic nitrogens is 1. The van der Waals surface area contributed by atoms with Crippen LogP contribution in [0.25, 0.3) is 0 Å². The van der Waals surface area contributed by atoms with Crippen LogP contribution in [0.3, 0.4) is 0 Å². The molecule has 0 atom stereocenters. The van der Waals surface area contributed by atoms with Gasteiger partial charge in [-0.05, 0) is 19.5 Å². The van der Waals surface area contributed by atoms with Gasteiger partial charge in [0.1, 0.15) is 5.01 Å². The van der Waals surface area contributed by atoms with Gasteiger partial charge in [-0.3, -0.25) is 4.90 Å². The second-order valence-corrected chi connectivity index (χ2v) is 4.19. The van der Waals surface area contributed by atoms with E-state index in [2.05, 4.69) is 16.8 Å². The predicted molar refractivity (Wildman–Crippen MR) is 58.4 cm³/mol. The fourth-order valence-corrected chi connectivity index (χ4v) is 1.93. The SMILES string of the molecule is CCN(CCCCl)Cc1nccs1. The molecule has 4 heteroatoms. The van der Waals surface area contributed by atoms with Crippen LogP contribution in [0.15, 0.2) is 11.6 Å². The van der Waals surface area contributed by atoms with Crippen LogP contribution in [0.1, 0.15) is 18.4 Å². The molecule has 0 aliphatic heterocycles. The third kappa shape index (κ3) is 4.07. The summed E-state index contributed by atoms with van der Waals surface area (Å²) in [5.41, 5.74) is 0. The minimum atomic E-state index is 0.744. The molecule has 0 saturated carbocycles. The first-order valence-electron chi connectivity index (χ1n) is 4.53. The van der Waals surface area contributed by atoms with E-state index >= 15 is 0 Å². The number of nitrogens with zero attached hydrogens (tertiary/aromatic N) is 2. The highest BCUT2D eigenvalue weighted by atomic mass is 35.5. The number of halogens is 1. The molecule has 74 valence electrons. The quantitative estimate of drug-likeness (QED) is 0.683. The minimum Gasteiger partial charge on any atom is -0.297 e. The molecule has 0 aromatic carbocycles. The number of rotatable bonds is 6. The molecule has 0 N–H and O–H groups in total. The third-order valence-electron chi connectivity index (χ3n) is 1.90. The smallest absolute Gasteiger partial charge is 0.107 e. The van der Waals surface area contributed by atoms with Gasteiger partial charge in [-0.1, -0.05) is 6.92 Å². The molecule has 1 aromatic heterocycles. The van der Waals surface area contributed by atoms with E-state index in [0.29, 0.717) is 0 Å². The van der Waals surface area contributed by atoms with Crippen LogP contribution >= 0.6 is 22.9 Å². The van der Waals surface area contributed by atoms with Crippen molar-refractivity contribution in [3.8, 4) is 0 Å². The Morgan fingerprint density at radius 1 is 1.62 bits per heavy atom. The lowest BCUT2D eigenvalue weighted by molar-refractivity contribution is 0.281. The molecule has 0 fully saturated rings. The van der Waals surface area contributed by atoms with Crippen molar-refractivity contribution in [2.45, 2.75) is 19.9 Å². The van der Waals surface area contributed by atoms with Gasteiger partial charge in [-0.2, -0.15) is 0 Å². The van der Waals surface area contributed by atoms with E-state index in [-0.39, 0.29) is 0 Å². The predicted octanol–water partition coefficient (Wildman–Crippen LogP) is 2.59. The first-order chi connectivity index (χ1) is 6.36. The van der Waals surface area contributed by atoms with Crippen molar-refractivity contribution in [3.05, 3.63) is 16.6 Å². The second-order valence-electron chi connectivity index (χ2n) is 2.84. The molecule has 13 heavy (non-hydrogen) atoms. The van der Waals surface area contributed by atoms with Gasteiger partial charge in [0.05, 0.1) is 6.54 Å². The Bertz CT molecular complexity index is 213. The van der Waals surface area contributed by atoms with Gasteiger partial charge < -0.3 is 0 Å². The second kappa shape index (κ2) is 6.35. The molecule has 0 amide bonds. The Morgan fingerprint density at radius 2 is 2.46 bits per heavy atom. The number of thiazole rings is 1. The fraction of sp³-hybridized carbons (Fsp3) is 0.667. The Hall–Kier alpha value is -0.120. The van der Waals surface area contributed by atoms with Crippen LogP contribution in [0.4, 0.5) is 0 Å². The van der Waals surface area contributed by atoms with E-state index in [9.17, 15) is 0 Å². The van der Waals surface area contributed by atoms with Gasteiger partial charge in [0.2, 0.25) is 0 Å². The van der Waals surface area contributed by atoms with Gasteiger partial charge in [0.15, 0.2) is 0 Å². The zero-order chi connectivity index (χ0) is 9.52. The lowest BCUT2D eigenvalue weighted by Gasteiger charge is -2.17. The highest BCUT2D eigenvalue weighted by Crippen LogP contribution is 2.08. The van der Waals surface area contributed by atoms with Crippen molar-refractivity contribution >= 4 is 22.9 Å². The zero-order valence-corrected chi connectivity index (χ0v) is 9.44. The largest absolute Gasteiger partial charge is 0.297 e. The number of alkyl halides is 1. The average Bonchev–Trinajstić information content (AvgIpc) is 2.64. The van der Waals surface area contributed by atoms with Crippen molar-refractivity contribution in [2.24, 2.45) is 0 Å². The normalized spacial score (nSPS) is 11.0. The Balaban J connectivity index is 2.31. The molecule has 0 bridgehead atoms. The van der Waals surface area contributed by atoms with Crippen LogP contribution in [0.5, 0.6) is 0 Å². The summed E-state index contributed by atoms with van der Waals surface area (Å²) in [6, 6.07) is 0. The molecule has 1 heterocycles. The fourth-order valence-electron chi connectivity index (χ4n) is 1.15. The van der Waals surface area contributed by atoms with Crippen molar-refractivity contribution in [1.29, 1.82) is 0 Å². The van der Waals surface area contributed by atoms with Crippen molar-refractivity contribution < 1.29 is 0 Å². The first-order valence-corrected chi connectivity index (χ1v) is 5.95.